The molecule has 0 saturated carbocycles. The van der Waals surface area contributed by atoms with Gasteiger partial charge in [-0.3, -0.25) is 0 Å². The molecule has 0 atom stereocenters. The van der Waals surface area contributed by atoms with Crippen LogP contribution in [0, 0.1) is 23.3 Å². The zero-order valence-corrected chi connectivity index (χ0v) is 13.9. The molecule has 4 heteroatoms. The van der Waals surface area contributed by atoms with Crippen molar-refractivity contribution in [1.82, 2.24) is 0 Å². The van der Waals surface area contributed by atoms with E-state index in [0.717, 1.165) is 6.07 Å². The van der Waals surface area contributed by atoms with E-state index in [0.29, 0.717) is 29.5 Å². The summed E-state index contributed by atoms with van der Waals surface area (Å²) < 4.78 is 55.9. The zero-order chi connectivity index (χ0) is 18.7. The van der Waals surface area contributed by atoms with Crippen molar-refractivity contribution in [1.29, 1.82) is 0 Å². The van der Waals surface area contributed by atoms with Gasteiger partial charge >= 0.3 is 0 Å². The molecule has 0 N–H and O–H groups in total. The molecule has 0 aliphatic rings. The van der Waals surface area contributed by atoms with E-state index in [2.05, 4.69) is 6.58 Å². The van der Waals surface area contributed by atoms with E-state index in [4.69, 9.17) is 0 Å². The van der Waals surface area contributed by atoms with Crippen LogP contribution in [-0.4, -0.2) is 0 Å². The van der Waals surface area contributed by atoms with Gasteiger partial charge in [0, 0.05) is 11.1 Å². The highest BCUT2D eigenvalue weighted by molar-refractivity contribution is 5.71. The van der Waals surface area contributed by atoms with Gasteiger partial charge in [0.05, 0.1) is 0 Å². The monoisotopic (exact) mass is 356 g/mol. The summed E-state index contributed by atoms with van der Waals surface area (Å²) in [4.78, 5) is 0. The van der Waals surface area contributed by atoms with Gasteiger partial charge in [0.25, 0.3) is 0 Å². The minimum Gasteiger partial charge on any atom is -0.204 e. The lowest BCUT2D eigenvalue weighted by Gasteiger charge is -2.10. The molecule has 0 radical (unpaired) electrons. The molecule has 0 spiro atoms. The van der Waals surface area contributed by atoms with Crippen LogP contribution in [0.25, 0.3) is 22.3 Å². The van der Waals surface area contributed by atoms with Gasteiger partial charge in [-0.25, -0.2) is 17.6 Å². The lowest BCUT2D eigenvalue weighted by atomic mass is 9.97. The zero-order valence-electron chi connectivity index (χ0n) is 13.9. The Balaban J connectivity index is 1.95. The Bertz CT molecular complexity index is 943. The van der Waals surface area contributed by atoms with Gasteiger partial charge in [-0.2, -0.15) is 0 Å². The number of allylic oxidation sites excluding steroid dienone is 1. The highest BCUT2D eigenvalue weighted by Gasteiger charge is 2.15. The van der Waals surface area contributed by atoms with Gasteiger partial charge in [0.1, 0.15) is 0 Å². The largest absolute Gasteiger partial charge is 0.204 e. The number of aryl methyl sites for hydroxylation is 1. The van der Waals surface area contributed by atoms with Gasteiger partial charge < -0.3 is 0 Å². The Hall–Kier alpha value is -2.88. The van der Waals surface area contributed by atoms with Crippen molar-refractivity contribution in [3.8, 4) is 22.3 Å². The predicted molar refractivity (Wildman–Crippen MR) is 95.7 cm³/mol. The van der Waals surface area contributed by atoms with Crippen molar-refractivity contribution in [2.75, 3.05) is 0 Å². The van der Waals surface area contributed by atoms with Crippen LogP contribution < -0.4 is 0 Å². The molecule has 0 aromatic heterocycles. The molecule has 0 saturated heterocycles. The number of hydrogen-bond acceptors (Lipinski definition) is 0. The molecule has 0 aliphatic carbocycles. The number of halogens is 4. The summed E-state index contributed by atoms with van der Waals surface area (Å²) >= 11 is 0. The molecule has 26 heavy (non-hydrogen) atoms. The first kappa shape index (κ1) is 17.9. The number of rotatable bonds is 5. The predicted octanol–water partition coefficient (Wildman–Crippen LogP) is 6.70. The maximum absolute atomic E-state index is 14.4. The molecule has 3 aromatic carbocycles. The second kappa shape index (κ2) is 7.56. The van der Waals surface area contributed by atoms with Crippen molar-refractivity contribution < 1.29 is 17.6 Å². The van der Waals surface area contributed by atoms with Crippen LogP contribution in [0.5, 0.6) is 0 Å². The summed E-state index contributed by atoms with van der Waals surface area (Å²) in [5.74, 6) is -3.67. The third-order valence-electron chi connectivity index (χ3n) is 4.24. The molecular weight excluding hydrogens is 340 g/mol. The second-order valence-electron chi connectivity index (χ2n) is 5.91. The smallest absolute Gasteiger partial charge is 0.166 e. The molecular formula is C22H16F4. The van der Waals surface area contributed by atoms with E-state index in [1.165, 1.54) is 18.2 Å². The van der Waals surface area contributed by atoms with E-state index in [1.54, 1.807) is 36.4 Å². The molecule has 132 valence electrons. The summed E-state index contributed by atoms with van der Waals surface area (Å²) in [6.45, 7) is 3.57. The number of benzene rings is 3. The van der Waals surface area contributed by atoms with Crippen molar-refractivity contribution in [3.05, 3.63) is 96.1 Å². The topological polar surface area (TPSA) is 0 Å². The van der Waals surface area contributed by atoms with E-state index in [1.807, 2.05) is 0 Å². The molecule has 3 aromatic rings. The summed E-state index contributed by atoms with van der Waals surface area (Å²) in [5.41, 5.74) is 1.44. The Morgan fingerprint density at radius 3 is 1.92 bits per heavy atom. The van der Waals surface area contributed by atoms with E-state index >= 15 is 0 Å². The highest BCUT2D eigenvalue weighted by atomic mass is 19.2. The van der Waals surface area contributed by atoms with E-state index in [9.17, 15) is 17.6 Å². The summed E-state index contributed by atoms with van der Waals surface area (Å²) in [6.07, 6.45) is 2.59. The Labute approximate surface area is 149 Å². The summed E-state index contributed by atoms with van der Waals surface area (Å²) in [6, 6.07) is 13.2. The quantitative estimate of drug-likeness (QED) is 0.353. The van der Waals surface area contributed by atoms with Gasteiger partial charge in [-0.15, -0.1) is 6.58 Å². The van der Waals surface area contributed by atoms with E-state index in [-0.39, 0.29) is 11.1 Å². The molecule has 0 bridgehead atoms. The maximum atomic E-state index is 14.4. The highest BCUT2D eigenvalue weighted by Crippen LogP contribution is 2.30. The Morgan fingerprint density at radius 2 is 1.31 bits per heavy atom. The number of hydrogen-bond donors (Lipinski definition) is 0. The van der Waals surface area contributed by atoms with Gasteiger partial charge in [0.15, 0.2) is 23.3 Å². The third kappa shape index (κ3) is 3.40. The molecule has 0 fully saturated rings. The first-order valence-electron chi connectivity index (χ1n) is 8.15. The first-order valence-corrected chi connectivity index (χ1v) is 8.15. The van der Waals surface area contributed by atoms with Crippen LogP contribution in [-0.2, 0) is 6.42 Å². The van der Waals surface area contributed by atoms with Crippen LogP contribution >= 0.6 is 0 Å². The maximum Gasteiger partial charge on any atom is 0.166 e. The minimum absolute atomic E-state index is 0.114. The molecule has 0 unspecified atom stereocenters. The normalized spacial score (nSPS) is 10.8. The Kier molecular flexibility index (Phi) is 5.21. The van der Waals surface area contributed by atoms with Crippen molar-refractivity contribution in [3.63, 3.8) is 0 Å². The fourth-order valence-electron chi connectivity index (χ4n) is 2.82. The minimum atomic E-state index is -0.941. The summed E-state index contributed by atoms with van der Waals surface area (Å²) in [5, 5.41) is 0. The molecule has 0 nitrogen and oxygen atoms in total. The van der Waals surface area contributed by atoms with Crippen molar-refractivity contribution in [2.24, 2.45) is 0 Å². The second-order valence-corrected chi connectivity index (χ2v) is 5.91. The lowest BCUT2D eigenvalue weighted by molar-refractivity contribution is 0.501. The fraction of sp³-hybridized carbons (Fsp3) is 0.0909. The Morgan fingerprint density at radius 1 is 0.692 bits per heavy atom. The fourth-order valence-corrected chi connectivity index (χ4v) is 2.82. The van der Waals surface area contributed by atoms with Crippen molar-refractivity contribution >= 4 is 0 Å². The van der Waals surface area contributed by atoms with Gasteiger partial charge in [0.2, 0.25) is 0 Å². The van der Waals surface area contributed by atoms with Crippen LogP contribution in [0.4, 0.5) is 17.6 Å². The third-order valence-corrected chi connectivity index (χ3v) is 4.24. The molecule has 3 rings (SSSR count). The van der Waals surface area contributed by atoms with Gasteiger partial charge in [-0.05, 0) is 35.6 Å². The standard InChI is InChI=1S/C22H16F4/c1-2-3-5-16-12-13-18(22(26)20(16)24)15-10-8-14(9-11-15)17-6-4-7-19(23)21(17)25/h2,4,6-13H,1,3,5H2. The SMILES string of the molecule is C=CCCc1ccc(-c2ccc(-c3cccc(F)c3F)cc2)c(F)c1F. The van der Waals surface area contributed by atoms with Crippen LogP contribution in [0.3, 0.4) is 0 Å². The average Bonchev–Trinajstić information content (AvgIpc) is 2.65. The van der Waals surface area contributed by atoms with E-state index < -0.39 is 23.3 Å². The lowest BCUT2D eigenvalue weighted by Crippen LogP contribution is -1.97. The molecule has 0 aliphatic heterocycles. The van der Waals surface area contributed by atoms with Crippen LogP contribution in [0.15, 0.2) is 67.3 Å². The molecule has 0 heterocycles. The summed E-state index contributed by atoms with van der Waals surface area (Å²) in [7, 11) is 0. The van der Waals surface area contributed by atoms with Crippen molar-refractivity contribution in [2.45, 2.75) is 12.8 Å². The van der Waals surface area contributed by atoms with Gasteiger partial charge in [-0.1, -0.05) is 54.6 Å². The molecule has 0 amide bonds. The first-order chi connectivity index (χ1) is 12.5. The van der Waals surface area contributed by atoms with Crippen LogP contribution in [0.1, 0.15) is 12.0 Å². The average molecular weight is 356 g/mol. The van der Waals surface area contributed by atoms with Crippen LogP contribution in [0.2, 0.25) is 0 Å².